The van der Waals surface area contributed by atoms with Gasteiger partial charge in [0, 0.05) is 12.0 Å². The number of ketones is 1. The molecule has 0 heterocycles. The smallest absolute Gasteiger partial charge is 0.336 e. The van der Waals surface area contributed by atoms with E-state index in [0.717, 1.165) is 6.42 Å². The first-order chi connectivity index (χ1) is 8.60. The third-order valence-electron chi connectivity index (χ3n) is 2.47. The maximum absolute atomic E-state index is 11.9. The van der Waals surface area contributed by atoms with E-state index in [4.69, 9.17) is 9.84 Å². The Morgan fingerprint density at radius 1 is 1.17 bits per heavy atom. The monoisotopic (exact) mass is 250 g/mol. The van der Waals surface area contributed by atoms with E-state index in [1.807, 2.05) is 13.8 Å². The average Bonchev–Trinajstić information content (AvgIpc) is 2.36. The average molecular weight is 250 g/mol. The molecule has 0 amide bonds. The molecule has 0 atom stereocenters. The van der Waals surface area contributed by atoms with Gasteiger partial charge in [0.2, 0.25) is 0 Å². The third-order valence-corrected chi connectivity index (χ3v) is 2.47. The first kappa shape index (κ1) is 14.2. The quantitative estimate of drug-likeness (QED) is 0.755. The lowest BCUT2D eigenvalue weighted by Gasteiger charge is -2.09. The normalized spacial score (nSPS) is 10.1. The van der Waals surface area contributed by atoms with Gasteiger partial charge in [0.05, 0.1) is 12.2 Å². The van der Waals surface area contributed by atoms with Gasteiger partial charge >= 0.3 is 5.97 Å². The Morgan fingerprint density at radius 3 is 2.44 bits per heavy atom. The molecule has 0 aromatic heterocycles. The van der Waals surface area contributed by atoms with E-state index in [9.17, 15) is 9.59 Å². The molecule has 0 aliphatic carbocycles. The number of carbonyl (C=O) groups excluding carboxylic acids is 1. The van der Waals surface area contributed by atoms with Crippen molar-refractivity contribution < 1.29 is 19.4 Å². The maximum Gasteiger partial charge on any atom is 0.336 e. The van der Waals surface area contributed by atoms with Crippen LogP contribution < -0.4 is 4.74 Å². The van der Waals surface area contributed by atoms with Gasteiger partial charge in [-0.15, -0.1) is 0 Å². The summed E-state index contributed by atoms with van der Waals surface area (Å²) in [4.78, 5) is 22.9. The zero-order valence-electron chi connectivity index (χ0n) is 10.7. The molecule has 4 nitrogen and oxygen atoms in total. The molecule has 1 aromatic carbocycles. The number of hydrogen-bond acceptors (Lipinski definition) is 3. The fourth-order valence-corrected chi connectivity index (χ4v) is 1.61. The first-order valence-electron chi connectivity index (χ1n) is 6.13. The van der Waals surface area contributed by atoms with Crippen LogP contribution in [0.5, 0.6) is 5.75 Å². The van der Waals surface area contributed by atoms with Gasteiger partial charge in [0.15, 0.2) is 5.78 Å². The Balaban J connectivity index is 3.07. The number of hydrogen-bond donors (Lipinski definition) is 1. The fraction of sp³-hybridized carbons (Fsp3) is 0.429. The summed E-state index contributed by atoms with van der Waals surface area (Å²) in [5.74, 6) is -0.699. The van der Waals surface area contributed by atoms with Crippen LogP contribution in [0.15, 0.2) is 18.2 Å². The molecule has 0 unspecified atom stereocenters. The van der Waals surface area contributed by atoms with Crippen LogP contribution >= 0.6 is 0 Å². The van der Waals surface area contributed by atoms with E-state index < -0.39 is 5.97 Å². The number of carboxylic acids is 1. The molecular weight excluding hydrogens is 232 g/mol. The zero-order chi connectivity index (χ0) is 13.5. The van der Waals surface area contributed by atoms with E-state index in [-0.39, 0.29) is 16.9 Å². The van der Waals surface area contributed by atoms with E-state index >= 15 is 0 Å². The van der Waals surface area contributed by atoms with Crippen molar-refractivity contribution in [2.75, 3.05) is 6.61 Å². The van der Waals surface area contributed by atoms with Crippen LogP contribution in [0.1, 0.15) is 53.8 Å². The molecule has 18 heavy (non-hydrogen) atoms. The summed E-state index contributed by atoms with van der Waals surface area (Å²) in [6, 6.07) is 4.54. The number of aromatic carboxylic acids is 1. The van der Waals surface area contributed by atoms with Gasteiger partial charge in [-0.2, -0.15) is 0 Å². The predicted molar refractivity (Wildman–Crippen MR) is 68.4 cm³/mol. The minimum absolute atomic E-state index is 0.0392. The van der Waals surface area contributed by atoms with Crippen molar-refractivity contribution >= 4 is 11.8 Å². The Bertz CT molecular complexity index is 437. The van der Waals surface area contributed by atoms with Gasteiger partial charge in [-0.1, -0.05) is 13.8 Å². The summed E-state index contributed by atoms with van der Waals surface area (Å²) in [6.45, 7) is 4.42. The molecule has 98 valence electrons. The lowest BCUT2D eigenvalue weighted by molar-refractivity contribution is 0.0691. The van der Waals surface area contributed by atoms with Gasteiger partial charge in [-0.3, -0.25) is 4.79 Å². The summed E-state index contributed by atoms with van der Waals surface area (Å²) in [6.07, 6.45) is 1.90. The number of rotatable bonds is 7. The standard InChI is InChI=1S/C14H18O4/c1-3-5-13(15)12-9-10(18-8-4-2)6-7-11(12)14(16)17/h6-7,9H,3-5,8H2,1-2H3,(H,16,17). The lowest BCUT2D eigenvalue weighted by Crippen LogP contribution is -2.09. The molecule has 4 heteroatoms. The number of benzene rings is 1. The minimum atomic E-state index is -1.09. The van der Waals surface area contributed by atoms with Crippen LogP contribution in [0, 0.1) is 0 Å². The number of Topliss-reactive ketones (excluding diaryl/α,β-unsaturated/α-hetero) is 1. The van der Waals surface area contributed by atoms with Crippen LogP contribution in [0.25, 0.3) is 0 Å². The Labute approximate surface area is 107 Å². The summed E-state index contributed by atoms with van der Waals surface area (Å²) >= 11 is 0. The number of carboxylic acid groups (broad SMARTS) is 1. The summed E-state index contributed by atoms with van der Waals surface area (Å²) in [5, 5.41) is 9.06. The highest BCUT2D eigenvalue weighted by Crippen LogP contribution is 2.20. The topological polar surface area (TPSA) is 63.6 Å². The molecular formula is C14H18O4. The van der Waals surface area contributed by atoms with Crippen LogP contribution in [0.2, 0.25) is 0 Å². The largest absolute Gasteiger partial charge is 0.494 e. The second-order valence-corrected chi connectivity index (χ2v) is 4.03. The molecule has 0 aliphatic heterocycles. The number of carbonyl (C=O) groups is 2. The molecule has 0 aliphatic rings. The Kier molecular flexibility index (Phi) is 5.36. The Morgan fingerprint density at radius 2 is 1.89 bits per heavy atom. The molecule has 1 aromatic rings. The highest BCUT2D eigenvalue weighted by atomic mass is 16.5. The summed E-state index contributed by atoms with van der Waals surface area (Å²) in [5.41, 5.74) is 0.273. The Hall–Kier alpha value is -1.84. The van der Waals surface area contributed by atoms with Crippen LogP contribution in [0.3, 0.4) is 0 Å². The molecule has 0 fully saturated rings. The summed E-state index contributed by atoms with van der Waals surface area (Å²) in [7, 11) is 0. The first-order valence-corrected chi connectivity index (χ1v) is 6.13. The van der Waals surface area contributed by atoms with Crippen molar-refractivity contribution in [3.63, 3.8) is 0 Å². The molecule has 0 saturated carbocycles. The molecule has 0 bridgehead atoms. The third kappa shape index (κ3) is 3.58. The summed E-state index contributed by atoms with van der Waals surface area (Å²) < 4.78 is 5.41. The van der Waals surface area contributed by atoms with E-state index in [0.29, 0.717) is 25.2 Å². The van der Waals surface area contributed by atoms with E-state index in [2.05, 4.69) is 0 Å². The minimum Gasteiger partial charge on any atom is -0.494 e. The van der Waals surface area contributed by atoms with E-state index in [1.54, 1.807) is 6.07 Å². The highest BCUT2D eigenvalue weighted by molar-refractivity contribution is 6.06. The van der Waals surface area contributed by atoms with Gasteiger partial charge in [-0.25, -0.2) is 4.79 Å². The van der Waals surface area contributed by atoms with Gasteiger partial charge < -0.3 is 9.84 Å². The van der Waals surface area contributed by atoms with Gasteiger partial charge in [0.1, 0.15) is 5.75 Å². The predicted octanol–water partition coefficient (Wildman–Crippen LogP) is 3.16. The van der Waals surface area contributed by atoms with Gasteiger partial charge in [-0.05, 0) is 31.0 Å². The molecule has 0 saturated heterocycles. The lowest BCUT2D eigenvalue weighted by atomic mass is 10.0. The second-order valence-electron chi connectivity index (χ2n) is 4.03. The van der Waals surface area contributed by atoms with Crippen LogP contribution in [-0.2, 0) is 0 Å². The second kappa shape index (κ2) is 6.79. The van der Waals surface area contributed by atoms with Crippen molar-refractivity contribution in [2.24, 2.45) is 0 Å². The van der Waals surface area contributed by atoms with Crippen molar-refractivity contribution in [1.82, 2.24) is 0 Å². The zero-order valence-corrected chi connectivity index (χ0v) is 10.7. The highest BCUT2D eigenvalue weighted by Gasteiger charge is 2.16. The van der Waals surface area contributed by atoms with E-state index in [1.165, 1.54) is 12.1 Å². The number of ether oxygens (including phenoxy) is 1. The van der Waals surface area contributed by atoms with Crippen LogP contribution in [0.4, 0.5) is 0 Å². The van der Waals surface area contributed by atoms with Crippen molar-refractivity contribution in [2.45, 2.75) is 33.1 Å². The molecule has 1 N–H and O–H groups in total. The van der Waals surface area contributed by atoms with Crippen molar-refractivity contribution in [1.29, 1.82) is 0 Å². The van der Waals surface area contributed by atoms with Crippen LogP contribution in [-0.4, -0.2) is 23.5 Å². The molecule has 0 spiro atoms. The fourth-order valence-electron chi connectivity index (χ4n) is 1.61. The molecule has 1 rings (SSSR count). The van der Waals surface area contributed by atoms with Crippen molar-refractivity contribution in [3.05, 3.63) is 29.3 Å². The van der Waals surface area contributed by atoms with Crippen molar-refractivity contribution in [3.8, 4) is 5.75 Å². The molecule has 0 radical (unpaired) electrons. The SMILES string of the molecule is CCCOc1ccc(C(=O)O)c(C(=O)CCC)c1. The van der Waals surface area contributed by atoms with Gasteiger partial charge in [0.25, 0.3) is 0 Å². The maximum atomic E-state index is 11.9.